The molecule has 6 nitrogen and oxygen atoms in total. The van der Waals surface area contributed by atoms with E-state index in [0.717, 1.165) is 13.0 Å². The molecular weight excluding hydrogens is 306 g/mol. The van der Waals surface area contributed by atoms with E-state index >= 15 is 0 Å². The maximum Gasteiger partial charge on any atom is 0.264 e. The van der Waals surface area contributed by atoms with Gasteiger partial charge in [-0.25, -0.2) is 0 Å². The number of hydrogen-bond acceptors (Lipinski definition) is 4. The summed E-state index contributed by atoms with van der Waals surface area (Å²) in [5.74, 6) is -0.0454. The third-order valence-electron chi connectivity index (χ3n) is 5.33. The van der Waals surface area contributed by atoms with Crippen molar-refractivity contribution in [3.63, 3.8) is 0 Å². The van der Waals surface area contributed by atoms with E-state index < -0.39 is 5.56 Å². The lowest BCUT2D eigenvalue weighted by Crippen LogP contribution is -2.46. The molecule has 1 aromatic rings. The van der Waals surface area contributed by atoms with Gasteiger partial charge in [0.05, 0.1) is 7.11 Å². The van der Waals surface area contributed by atoms with Crippen LogP contribution in [-0.2, 0) is 0 Å². The molecule has 1 atom stereocenters. The second kappa shape index (κ2) is 7.83. The number of aromatic nitrogens is 1. The molecule has 1 unspecified atom stereocenters. The topological polar surface area (TPSA) is 74.4 Å². The molecule has 0 bridgehead atoms. The van der Waals surface area contributed by atoms with Gasteiger partial charge in [-0.1, -0.05) is 19.3 Å². The SMILES string of the molecule is COc1cc[nH]c(=O)c1C(=O)NCC1CCCN1C1CCCCC1. The van der Waals surface area contributed by atoms with E-state index in [9.17, 15) is 9.59 Å². The number of pyridine rings is 1. The zero-order chi connectivity index (χ0) is 16.9. The Morgan fingerprint density at radius 1 is 1.29 bits per heavy atom. The van der Waals surface area contributed by atoms with Crippen molar-refractivity contribution < 1.29 is 9.53 Å². The van der Waals surface area contributed by atoms with E-state index in [1.165, 1.54) is 51.8 Å². The highest BCUT2D eigenvalue weighted by molar-refractivity contribution is 5.96. The molecular formula is C18H27N3O3. The molecule has 2 N–H and O–H groups in total. The lowest BCUT2D eigenvalue weighted by Gasteiger charge is -2.35. The molecule has 0 spiro atoms. The van der Waals surface area contributed by atoms with Gasteiger partial charge in [0.2, 0.25) is 0 Å². The van der Waals surface area contributed by atoms with Crippen LogP contribution >= 0.6 is 0 Å². The molecule has 2 fully saturated rings. The van der Waals surface area contributed by atoms with E-state index in [1.807, 2.05) is 0 Å². The van der Waals surface area contributed by atoms with Crippen LogP contribution in [0.15, 0.2) is 17.1 Å². The fraction of sp³-hybridized carbons (Fsp3) is 0.667. The minimum Gasteiger partial charge on any atom is -0.496 e. The second-order valence-corrected chi connectivity index (χ2v) is 6.79. The Kier molecular flexibility index (Phi) is 5.56. The van der Waals surface area contributed by atoms with Gasteiger partial charge >= 0.3 is 0 Å². The summed E-state index contributed by atoms with van der Waals surface area (Å²) in [4.78, 5) is 29.5. The summed E-state index contributed by atoms with van der Waals surface area (Å²) in [5, 5.41) is 2.94. The van der Waals surface area contributed by atoms with Gasteiger partial charge in [0, 0.05) is 24.8 Å². The molecule has 1 aliphatic heterocycles. The Labute approximate surface area is 142 Å². The van der Waals surface area contributed by atoms with E-state index in [4.69, 9.17) is 4.74 Å². The van der Waals surface area contributed by atoms with Crippen LogP contribution in [0.1, 0.15) is 55.3 Å². The third-order valence-corrected chi connectivity index (χ3v) is 5.33. The van der Waals surface area contributed by atoms with Crippen molar-refractivity contribution in [2.45, 2.75) is 57.0 Å². The van der Waals surface area contributed by atoms with Gasteiger partial charge in [0.1, 0.15) is 11.3 Å². The average Bonchev–Trinajstić information content (AvgIpc) is 3.08. The molecule has 1 saturated heterocycles. The van der Waals surface area contributed by atoms with Crippen LogP contribution in [0.5, 0.6) is 5.75 Å². The summed E-state index contributed by atoms with van der Waals surface area (Å²) >= 11 is 0. The van der Waals surface area contributed by atoms with E-state index in [1.54, 1.807) is 6.07 Å². The Morgan fingerprint density at radius 3 is 2.83 bits per heavy atom. The Balaban J connectivity index is 1.62. The Hall–Kier alpha value is -1.82. The fourth-order valence-corrected chi connectivity index (χ4v) is 4.12. The molecule has 1 saturated carbocycles. The first kappa shape index (κ1) is 17.0. The van der Waals surface area contributed by atoms with Crippen molar-refractivity contribution in [1.29, 1.82) is 0 Å². The van der Waals surface area contributed by atoms with Crippen molar-refractivity contribution >= 4 is 5.91 Å². The van der Waals surface area contributed by atoms with Crippen molar-refractivity contribution in [2.75, 3.05) is 20.2 Å². The van der Waals surface area contributed by atoms with Crippen LogP contribution in [0.4, 0.5) is 0 Å². The summed E-state index contributed by atoms with van der Waals surface area (Å²) in [6.45, 7) is 1.72. The number of rotatable bonds is 5. The number of nitrogens with zero attached hydrogens (tertiary/aromatic N) is 1. The summed E-state index contributed by atoms with van der Waals surface area (Å²) in [5.41, 5.74) is -0.357. The lowest BCUT2D eigenvalue weighted by molar-refractivity contribution is 0.0916. The number of hydrogen-bond donors (Lipinski definition) is 2. The summed E-state index contributed by atoms with van der Waals surface area (Å²) < 4.78 is 5.14. The average molecular weight is 333 g/mol. The number of nitrogens with one attached hydrogen (secondary N) is 2. The molecule has 24 heavy (non-hydrogen) atoms. The van der Waals surface area contributed by atoms with Crippen molar-refractivity contribution in [2.24, 2.45) is 0 Å². The first-order valence-corrected chi connectivity index (χ1v) is 9.00. The summed E-state index contributed by atoms with van der Waals surface area (Å²) in [7, 11) is 1.47. The molecule has 0 radical (unpaired) electrons. The van der Waals surface area contributed by atoms with Crippen LogP contribution in [-0.4, -0.2) is 48.1 Å². The zero-order valence-corrected chi connectivity index (χ0v) is 14.3. The Bertz CT molecular complexity index is 622. The highest BCUT2D eigenvalue weighted by atomic mass is 16.5. The Morgan fingerprint density at radius 2 is 2.08 bits per heavy atom. The van der Waals surface area contributed by atoms with Crippen LogP contribution in [0.3, 0.4) is 0 Å². The van der Waals surface area contributed by atoms with Gasteiger partial charge in [0.15, 0.2) is 0 Å². The molecule has 1 amide bonds. The maximum atomic E-state index is 12.5. The third kappa shape index (κ3) is 3.64. The zero-order valence-electron chi connectivity index (χ0n) is 14.3. The van der Waals surface area contributed by atoms with Crippen molar-refractivity contribution in [3.8, 4) is 5.75 Å². The number of carbonyl (C=O) groups excluding carboxylic acids is 1. The first-order valence-electron chi connectivity index (χ1n) is 9.00. The van der Waals surface area contributed by atoms with E-state index in [-0.39, 0.29) is 11.5 Å². The predicted molar refractivity (Wildman–Crippen MR) is 92.5 cm³/mol. The number of methoxy groups -OCH3 is 1. The molecule has 2 aliphatic rings. The second-order valence-electron chi connectivity index (χ2n) is 6.79. The van der Waals surface area contributed by atoms with Gasteiger partial charge in [-0.2, -0.15) is 0 Å². The normalized spacial score (nSPS) is 22.5. The van der Waals surface area contributed by atoms with Crippen LogP contribution in [0.25, 0.3) is 0 Å². The number of ether oxygens (including phenoxy) is 1. The van der Waals surface area contributed by atoms with Crippen LogP contribution < -0.4 is 15.6 Å². The molecule has 0 aromatic carbocycles. The van der Waals surface area contributed by atoms with Gasteiger partial charge in [0.25, 0.3) is 11.5 Å². The van der Waals surface area contributed by atoms with Gasteiger partial charge in [-0.05, 0) is 38.3 Å². The summed E-state index contributed by atoms with van der Waals surface area (Å²) in [6.07, 6.45) is 10.3. The smallest absolute Gasteiger partial charge is 0.264 e. The fourth-order valence-electron chi connectivity index (χ4n) is 4.12. The minimum absolute atomic E-state index is 0.0576. The predicted octanol–water partition coefficient (Wildman–Crippen LogP) is 1.91. The largest absolute Gasteiger partial charge is 0.496 e. The first-order chi connectivity index (χ1) is 11.7. The highest BCUT2D eigenvalue weighted by Gasteiger charge is 2.31. The molecule has 6 heteroatoms. The monoisotopic (exact) mass is 333 g/mol. The standard InChI is InChI=1S/C18H27N3O3/c1-24-15-9-10-19-17(22)16(15)18(23)20-12-14-8-5-11-21(14)13-6-3-2-4-7-13/h9-10,13-14H,2-8,11-12H2,1H3,(H,19,22)(H,20,23). The molecule has 1 aromatic heterocycles. The minimum atomic E-state index is -0.414. The van der Waals surface area contributed by atoms with Crippen LogP contribution in [0, 0.1) is 0 Å². The molecule has 2 heterocycles. The molecule has 3 rings (SSSR count). The van der Waals surface area contributed by atoms with Gasteiger partial charge in [-0.3, -0.25) is 14.5 Å². The van der Waals surface area contributed by atoms with E-state index in [2.05, 4.69) is 15.2 Å². The number of H-pyrrole nitrogens is 1. The van der Waals surface area contributed by atoms with Crippen LogP contribution in [0.2, 0.25) is 0 Å². The molecule has 132 valence electrons. The van der Waals surface area contributed by atoms with Gasteiger partial charge in [-0.15, -0.1) is 0 Å². The maximum absolute atomic E-state index is 12.5. The van der Waals surface area contributed by atoms with E-state index in [0.29, 0.717) is 24.4 Å². The number of likely N-dealkylation sites (tertiary alicyclic amines) is 1. The lowest BCUT2D eigenvalue weighted by atomic mass is 9.94. The van der Waals surface area contributed by atoms with Gasteiger partial charge < -0.3 is 15.0 Å². The quantitative estimate of drug-likeness (QED) is 0.863. The highest BCUT2D eigenvalue weighted by Crippen LogP contribution is 2.28. The van der Waals surface area contributed by atoms with Crippen molar-refractivity contribution in [3.05, 3.63) is 28.2 Å². The number of carbonyl (C=O) groups is 1. The number of aromatic amines is 1. The van der Waals surface area contributed by atoms with Crippen molar-refractivity contribution in [1.82, 2.24) is 15.2 Å². The number of amides is 1. The summed E-state index contributed by atoms with van der Waals surface area (Å²) in [6, 6.07) is 2.64. The molecule has 1 aliphatic carbocycles.